The predicted octanol–water partition coefficient (Wildman–Crippen LogP) is 7.92. The van der Waals surface area contributed by atoms with Crippen LogP contribution in [0.15, 0.2) is 88.7 Å². The number of rotatable bonds is 9. The number of hydrogen-bond acceptors (Lipinski definition) is 4. The summed E-state index contributed by atoms with van der Waals surface area (Å²) >= 11 is 14.7. The van der Waals surface area contributed by atoms with E-state index in [1.807, 2.05) is 18.2 Å². The third-order valence-corrected chi connectivity index (χ3v) is 7.63. The molecule has 0 saturated carbocycles. The fraction of sp³-hybridized carbons (Fsp3) is 0.259. The molecule has 0 aliphatic carbocycles. The average molecular weight is 511 g/mol. The van der Waals surface area contributed by atoms with E-state index in [1.54, 1.807) is 23.5 Å². The smallest absolute Gasteiger partial charge is 0.140 e. The van der Waals surface area contributed by atoms with Crippen LogP contribution in [0.25, 0.3) is 0 Å². The van der Waals surface area contributed by atoms with Crippen LogP contribution in [0.4, 0.5) is 0 Å². The quantitative estimate of drug-likeness (QED) is 0.172. The summed E-state index contributed by atoms with van der Waals surface area (Å²) in [6.45, 7) is 4.40. The van der Waals surface area contributed by atoms with Crippen LogP contribution in [0.5, 0.6) is 0 Å². The predicted molar refractivity (Wildman–Crippen MR) is 153 cm³/mol. The number of thioether (sulfide) groups is 2. The average Bonchev–Trinajstić information content (AvgIpc) is 2.82. The van der Waals surface area contributed by atoms with Crippen molar-refractivity contribution in [1.82, 2.24) is 10.6 Å². The van der Waals surface area contributed by atoms with Gasteiger partial charge >= 0.3 is 0 Å². The molecule has 0 aliphatic rings. The van der Waals surface area contributed by atoms with E-state index in [1.165, 1.54) is 20.9 Å². The zero-order valence-corrected chi connectivity index (χ0v) is 22.3. The van der Waals surface area contributed by atoms with Crippen molar-refractivity contribution in [1.29, 1.82) is 0 Å². The topological polar surface area (TPSA) is 24.1 Å². The Bertz CT molecular complexity index is 987. The van der Waals surface area contributed by atoms with E-state index in [0.717, 1.165) is 39.9 Å². The molecule has 2 nitrogen and oxygen atoms in total. The van der Waals surface area contributed by atoms with E-state index in [9.17, 15) is 0 Å². The molecule has 0 heterocycles. The van der Waals surface area contributed by atoms with E-state index < -0.39 is 0 Å². The van der Waals surface area contributed by atoms with Crippen molar-refractivity contribution in [2.45, 2.75) is 55.5 Å². The summed E-state index contributed by atoms with van der Waals surface area (Å²) in [6, 6.07) is 27.2. The molecule has 0 spiro atoms. The highest BCUT2D eigenvalue weighted by Gasteiger charge is 2.16. The first-order valence-electron chi connectivity index (χ1n) is 11.3. The van der Waals surface area contributed by atoms with Gasteiger partial charge in [-0.05, 0) is 41.7 Å². The van der Waals surface area contributed by atoms with E-state index >= 15 is 0 Å². The van der Waals surface area contributed by atoms with Gasteiger partial charge in [0.15, 0.2) is 0 Å². The van der Waals surface area contributed by atoms with Gasteiger partial charge in [-0.3, -0.25) is 0 Å². The van der Waals surface area contributed by atoms with E-state index in [-0.39, 0.29) is 6.17 Å². The maximum Gasteiger partial charge on any atom is 0.140 e. The number of nitrogens with one attached hydrogen (secondary N) is 2. The minimum atomic E-state index is -0.206. The van der Waals surface area contributed by atoms with Crippen molar-refractivity contribution in [3.8, 4) is 0 Å². The van der Waals surface area contributed by atoms with Crippen LogP contribution < -0.4 is 10.6 Å². The first kappa shape index (κ1) is 25.8. The molecule has 0 unspecified atom stereocenters. The van der Waals surface area contributed by atoms with Crippen LogP contribution in [0.2, 0.25) is 0 Å². The minimum absolute atomic E-state index is 0.206. The Kier molecular flexibility index (Phi) is 10.7. The Morgan fingerprint density at radius 1 is 0.667 bits per heavy atom. The van der Waals surface area contributed by atoms with Gasteiger partial charge in [-0.2, -0.15) is 0 Å². The van der Waals surface area contributed by atoms with E-state index in [0.29, 0.717) is 0 Å². The summed E-state index contributed by atoms with van der Waals surface area (Å²) in [5, 5.41) is 6.98. The van der Waals surface area contributed by atoms with Crippen LogP contribution in [0, 0.1) is 0 Å². The molecule has 0 aliphatic heterocycles. The molecular formula is C27H30N2S4. The van der Waals surface area contributed by atoms with Crippen LogP contribution in [0.3, 0.4) is 0 Å². The summed E-state index contributed by atoms with van der Waals surface area (Å²) in [4.78, 5) is 2.41. The second-order valence-corrected chi connectivity index (χ2v) is 11.1. The minimum Gasteiger partial charge on any atom is -0.347 e. The van der Waals surface area contributed by atoms with Crippen molar-refractivity contribution >= 4 is 56.6 Å². The van der Waals surface area contributed by atoms with Crippen LogP contribution in [0.1, 0.15) is 49.5 Å². The fourth-order valence-corrected chi connectivity index (χ4v) is 5.92. The molecule has 3 aromatic carbocycles. The third kappa shape index (κ3) is 8.14. The lowest BCUT2D eigenvalue weighted by molar-refractivity contribution is 0.625. The number of hydrogen-bond donors (Lipinski definition) is 2. The van der Waals surface area contributed by atoms with Crippen LogP contribution in [-0.2, 0) is 12.8 Å². The molecular weight excluding hydrogens is 481 g/mol. The maximum absolute atomic E-state index is 5.76. The van der Waals surface area contributed by atoms with Gasteiger partial charge in [-0.15, -0.1) is 0 Å². The van der Waals surface area contributed by atoms with Gasteiger partial charge < -0.3 is 10.6 Å². The van der Waals surface area contributed by atoms with Crippen molar-refractivity contribution in [3.63, 3.8) is 0 Å². The highest BCUT2D eigenvalue weighted by atomic mass is 32.2. The highest BCUT2D eigenvalue weighted by Crippen LogP contribution is 2.28. The SMILES string of the molecule is CCCc1ccccc1SC(=S)NC(NC(=S)Sc1ccccc1CCC)c1ccccc1. The summed E-state index contributed by atoms with van der Waals surface area (Å²) in [7, 11) is 0. The lowest BCUT2D eigenvalue weighted by atomic mass is 10.1. The molecule has 0 fully saturated rings. The molecule has 0 atom stereocenters. The monoisotopic (exact) mass is 510 g/mol. The van der Waals surface area contributed by atoms with Crippen molar-refractivity contribution in [2.75, 3.05) is 0 Å². The second kappa shape index (κ2) is 13.8. The normalized spacial score (nSPS) is 10.8. The van der Waals surface area contributed by atoms with Gasteiger partial charge in [0.2, 0.25) is 0 Å². The molecule has 33 heavy (non-hydrogen) atoms. The van der Waals surface area contributed by atoms with E-state index in [4.69, 9.17) is 24.4 Å². The molecule has 0 amide bonds. The van der Waals surface area contributed by atoms with Crippen molar-refractivity contribution in [3.05, 3.63) is 95.6 Å². The highest BCUT2D eigenvalue weighted by molar-refractivity contribution is 8.23. The summed E-state index contributed by atoms with van der Waals surface area (Å²) in [6.07, 6.45) is 4.10. The standard InChI is InChI=1S/C27H30N2S4/c1-3-12-20-14-8-10-18-23(20)32-26(30)28-25(22-16-6-5-7-17-22)29-27(31)33-24-19-11-9-15-21(24)13-4-2/h5-11,14-19,25H,3-4,12-13H2,1-2H3,(H,28,30)(H,29,31). The Morgan fingerprint density at radius 2 is 1.09 bits per heavy atom. The van der Waals surface area contributed by atoms with Gasteiger partial charge in [0.05, 0.1) is 0 Å². The molecule has 172 valence electrons. The first-order chi connectivity index (χ1) is 16.1. The summed E-state index contributed by atoms with van der Waals surface area (Å²) < 4.78 is 1.44. The number of benzene rings is 3. The van der Waals surface area contributed by atoms with Crippen LogP contribution in [-0.4, -0.2) is 8.64 Å². The maximum atomic E-state index is 5.76. The molecule has 0 saturated heterocycles. The second-order valence-electron chi connectivity index (χ2n) is 7.63. The van der Waals surface area contributed by atoms with Gasteiger partial charge in [0.1, 0.15) is 14.8 Å². The van der Waals surface area contributed by atoms with Gasteiger partial charge in [-0.25, -0.2) is 0 Å². The lowest BCUT2D eigenvalue weighted by Crippen LogP contribution is -2.38. The fourth-order valence-electron chi connectivity index (χ4n) is 3.50. The zero-order valence-electron chi connectivity index (χ0n) is 19.0. The summed E-state index contributed by atoms with van der Waals surface area (Å²) in [5.41, 5.74) is 3.75. The van der Waals surface area contributed by atoms with Crippen molar-refractivity contribution in [2.24, 2.45) is 0 Å². The Hall–Kier alpha value is -1.86. The van der Waals surface area contributed by atoms with Crippen molar-refractivity contribution < 1.29 is 0 Å². The van der Waals surface area contributed by atoms with Crippen LogP contribution >= 0.6 is 48.0 Å². The number of thiocarbonyl (C=S) groups is 2. The Balaban J connectivity index is 1.72. The first-order valence-corrected chi connectivity index (χ1v) is 13.7. The zero-order chi connectivity index (χ0) is 23.5. The Labute approximate surface area is 217 Å². The summed E-state index contributed by atoms with van der Waals surface area (Å²) in [5.74, 6) is 0. The molecule has 3 rings (SSSR count). The molecule has 2 N–H and O–H groups in total. The molecule has 0 bridgehead atoms. The largest absolute Gasteiger partial charge is 0.347 e. The lowest BCUT2D eigenvalue weighted by Gasteiger charge is -2.23. The molecule has 0 aromatic heterocycles. The molecule has 0 radical (unpaired) electrons. The molecule has 6 heteroatoms. The van der Waals surface area contributed by atoms with E-state index in [2.05, 4.69) is 85.1 Å². The third-order valence-electron chi connectivity index (χ3n) is 5.05. The van der Waals surface area contributed by atoms with Gasteiger partial charge in [0, 0.05) is 9.79 Å². The molecule has 3 aromatic rings. The van der Waals surface area contributed by atoms with Gasteiger partial charge in [-0.1, -0.05) is 141 Å². The van der Waals surface area contributed by atoms with Gasteiger partial charge in [0.25, 0.3) is 0 Å². The Morgan fingerprint density at radius 3 is 1.55 bits per heavy atom. The number of aryl methyl sites for hydroxylation is 2.